The molecule has 1 aromatic heterocycles. The van der Waals surface area contributed by atoms with Gasteiger partial charge in [0.25, 0.3) is 0 Å². The van der Waals surface area contributed by atoms with Crippen molar-refractivity contribution in [2.24, 2.45) is 0 Å². The van der Waals surface area contributed by atoms with E-state index in [2.05, 4.69) is 146 Å². The standard InChI is InChI=1S/C44H24O/c1-4-25-12-14-32-20-34(21-33-15-13-26(5-1)41(25)43(32)33)29-16-18-39-37(22-29)38-23-30(17-19-40(38)45-39)36-24-31-8-2-6-27-10-11-28-7-3-9-35(36)44(28)42(27)31/h1-24H. The van der Waals surface area contributed by atoms with Gasteiger partial charge in [0.05, 0.1) is 0 Å². The fraction of sp³-hybridized carbons (Fsp3) is 0. The second kappa shape index (κ2) is 8.37. The largest absolute Gasteiger partial charge is 0.456 e. The zero-order chi connectivity index (χ0) is 29.2. The predicted octanol–water partition coefficient (Wildman–Crippen LogP) is 12.7. The summed E-state index contributed by atoms with van der Waals surface area (Å²) in [6.45, 7) is 0. The topological polar surface area (TPSA) is 13.1 Å². The summed E-state index contributed by atoms with van der Waals surface area (Å²) in [6.07, 6.45) is 0. The minimum atomic E-state index is 0.915. The zero-order valence-electron chi connectivity index (χ0n) is 24.3. The molecular weight excluding hydrogens is 544 g/mol. The molecule has 0 N–H and O–H groups in total. The second-order valence-corrected chi connectivity index (χ2v) is 12.5. The van der Waals surface area contributed by atoms with Crippen molar-refractivity contribution >= 4 is 86.6 Å². The molecule has 0 unspecified atom stereocenters. The van der Waals surface area contributed by atoms with Gasteiger partial charge in [0.15, 0.2) is 0 Å². The average Bonchev–Trinajstić information content (AvgIpc) is 3.46. The molecule has 1 heterocycles. The smallest absolute Gasteiger partial charge is 0.135 e. The Bertz CT molecular complexity index is 2910. The average molecular weight is 569 g/mol. The van der Waals surface area contributed by atoms with Crippen molar-refractivity contribution < 1.29 is 4.42 Å². The van der Waals surface area contributed by atoms with Gasteiger partial charge in [-0.25, -0.2) is 0 Å². The molecule has 11 aromatic rings. The second-order valence-electron chi connectivity index (χ2n) is 12.5. The van der Waals surface area contributed by atoms with E-state index in [1.807, 2.05) is 0 Å². The summed E-state index contributed by atoms with van der Waals surface area (Å²) < 4.78 is 6.39. The van der Waals surface area contributed by atoms with Crippen LogP contribution in [0.15, 0.2) is 150 Å². The SMILES string of the molecule is c1cc2ccc3cc(-c4ccc5oc6ccc(-c7cc8cccc9ccc%10cccc7c%10c98)cc6c5c4)cc4ccc(c1)c2c34. The highest BCUT2D eigenvalue weighted by molar-refractivity contribution is 6.27. The van der Waals surface area contributed by atoms with Gasteiger partial charge in [-0.2, -0.15) is 0 Å². The third kappa shape index (κ3) is 3.17. The lowest BCUT2D eigenvalue weighted by Crippen LogP contribution is -1.87. The van der Waals surface area contributed by atoms with Crippen molar-refractivity contribution in [2.75, 3.05) is 0 Å². The normalized spacial score (nSPS) is 12.4. The Morgan fingerprint density at radius 3 is 1.42 bits per heavy atom. The van der Waals surface area contributed by atoms with E-state index in [-0.39, 0.29) is 0 Å². The highest BCUT2D eigenvalue weighted by Gasteiger charge is 2.16. The van der Waals surface area contributed by atoms with Crippen molar-refractivity contribution in [3.63, 3.8) is 0 Å². The summed E-state index contributed by atoms with van der Waals surface area (Å²) in [5, 5.41) is 18.0. The zero-order valence-corrected chi connectivity index (χ0v) is 24.3. The molecule has 0 aliphatic heterocycles. The van der Waals surface area contributed by atoms with E-state index in [0.717, 1.165) is 21.9 Å². The third-order valence-corrected chi connectivity index (χ3v) is 10.1. The molecule has 11 rings (SSSR count). The molecule has 1 nitrogen and oxygen atoms in total. The number of hydrogen-bond donors (Lipinski definition) is 0. The maximum atomic E-state index is 6.39. The van der Waals surface area contributed by atoms with Gasteiger partial charge in [-0.3, -0.25) is 0 Å². The van der Waals surface area contributed by atoms with Crippen LogP contribution in [0.25, 0.3) is 109 Å². The van der Waals surface area contributed by atoms with E-state index in [9.17, 15) is 0 Å². The Hall–Kier alpha value is -5.92. The molecule has 0 aliphatic rings. The van der Waals surface area contributed by atoms with Crippen molar-refractivity contribution in [1.82, 2.24) is 0 Å². The van der Waals surface area contributed by atoms with Crippen LogP contribution < -0.4 is 0 Å². The first-order chi connectivity index (χ1) is 22.3. The summed E-state index contributed by atoms with van der Waals surface area (Å²) in [5.74, 6) is 0. The molecule has 10 aromatic carbocycles. The van der Waals surface area contributed by atoms with Gasteiger partial charge in [-0.15, -0.1) is 0 Å². The van der Waals surface area contributed by atoms with Crippen molar-refractivity contribution in [3.05, 3.63) is 146 Å². The molecule has 0 atom stereocenters. The van der Waals surface area contributed by atoms with Crippen LogP contribution in [0.1, 0.15) is 0 Å². The molecule has 0 fully saturated rings. The Kier molecular flexibility index (Phi) is 4.38. The van der Waals surface area contributed by atoms with Crippen LogP contribution in [-0.2, 0) is 0 Å². The fourth-order valence-corrected chi connectivity index (χ4v) is 8.05. The minimum absolute atomic E-state index is 0.915. The van der Waals surface area contributed by atoms with Gasteiger partial charge < -0.3 is 4.42 Å². The predicted molar refractivity (Wildman–Crippen MR) is 192 cm³/mol. The van der Waals surface area contributed by atoms with E-state index in [1.54, 1.807) is 0 Å². The Labute approximate surface area is 258 Å². The first kappa shape index (κ1) is 23.5. The van der Waals surface area contributed by atoms with Crippen LogP contribution in [0.4, 0.5) is 0 Å². The van der Waals surface area contributed by atoms with Crippen LogP contribution in [-0.4, -0.2) is 0 Å². The molecule has 0 aliphatic carbocycles. The Balaban J connectivity index is 1.13. The lowest BCUT2D eigenvalue weighted by atomic mass is 9.88. The molecule has 0 saturated carbocycles. The summed E-state index contributed by atoms with van der Waals surface area (Å²) in [7, 11) is 0. The molecule has 45 heavy (non-hydrogen) atoms. The molecule has 0 saturated heterocycles. The molecule has 206 valence electrons. The lowest BCUT2D eigenvalue weighted by Gasteiger charge is -2.15. The van der Waals surface area contributed by atoms with Gasteiger partial charge in [0.2, 0.25) is 0 Å². The number of furan rings is 1. The maximum Gasteiger partial charge on any atom is 0.135 e. The van der Waals surface area contributed by atoms with E-state index in [1.165, 1.54) is 86.9 Å². The third-order valence-electron chi connectivity index (χ3n) is 10.1. The molecule has 1 heteroatoms. The minimum Gasteiger partial charge on any atom is -0.456 e. The summed E-state index contributed by atoms with van der Waals surface area (Å²) in [6, 6.07) is 53.8. The van der Waals surface area contributed by atoms with Gasteiger partial charge in [-0.1, -0.05) is 103 Å². The molecular formula is C44H24O. The van der Waals surface area contributed by atoms with Gasteiger partial charge in [-0.05, 0) is 129 Å². The number of benzene rings is 10. The Morgan fingerprint density at radius 2 is 0.756 bits per heavy atom. The molecule has 0 amide bonds. The van der Waals surface area contributed by atoms with Crippen molar-refractivity contribution in [2.45, 2.75) is 0 Å². The molecule has 0 radical (unpaired) electrons. The summed E-state index contributed by atoms with van der Waals surface area (Å²) in [4.78, 5) is 0. The van der Waals surface area contributed by atoms with Crippen LogP contribution in [0.3, 0.4) is 0 Å². The highest BCUT2D eigenvalue weighted by Crippen LogP contribution is 2.43. The lowest BCUT2D eigenvalue weighted by molar-refractivity contribution is 0.669. The Morgan fingerprint density at radius 1 is 0.289 bits per heavy atom. The number of fused-ring (bicyclic) bond motifs is 3. The van der Waals surface area contributed by atoms with Crippen LogP contribution in [0.2, 0.25) is 0 Å². The van der Waals surface area contributed by atoms with Gasteiger partial charge in [0.1, 0.15) is 11.2 Å². The first-order valence-corrected chi connectivity index (χ1v) is 15.6. The highest BCUT2D eigenvalue weighted by atomic mass is 16.3. The van der Waals surface area contributed by atoms with Crippen LogP contribution in [0, 0.1) is 0 Å². The van der Waals surface area contributed by atoms with Crippen molar-refractivity contribution in [1.29, 1.82) is 0 Å². The quantitative estimate of drug-likeness (QED) is 0.189. The maximum absolute atomic E-state index is 6.39. The van der Waals surface area contributed by atoms with Crippen LogP contribution >= 0.6 is 0 Å². The van der Waals surface area contributed by atoms with E-state index >= 15 is 0 Å². The van der Waals surface area contributed by atoms with E-state index in [0.29, 0.717) is 0 Å². The van der Waals surface area contributed by atoms with Crippen LogP contribution in [0.5, 0.6) is 0 Å². The summed E-state index contributed by atoms with van der Waals surface area (Å²) >= 11 is 0. The number of rotatable bonds is 2. The molecule has 0 spiro atoms. The van der Waals surface area contributed by atoms with E-state index < -0.39 is 0 Å². The monoisotopic (exact) mass is 568 g/mol. The van der Waals surface area contributed by atoms with Crippen molar-refractivity contribution in [3.8, 4) is 22.3 Å². The number of hydrogen-bond acceptors (Lipinski definition) is 1. The first-order valence-electron chi connectivity index (χ1n) is 15.6. The summed E-state index contributed by atoms with van der Waals surface area (Å²) in [5.41, 5.74) is 6.71. The molecule has 0 bridgehead atoms. The van der Waals surface area contributed by atoms with Gasteiger partial charge in [0, 0.05) is 10.8 Å². The fourth-order valence-electron chi connectivity index (χ4n) is 8.05. The van der Waals surface area contributed by atoms with Gasteiger partial charge >= 0.3 is 0 Å². The van der Waals surface area contributed by atoms with E-state index in [4.69, 9.17) is 4.42 Å².